The van der Waals surface area contributed by atoms with Crippen molar-refractivity contribution >= 4 is 32.4 Å². The predicted octanol–water partition coefficient (Wildman–Crippen LogP) is 4.53. The number of piperidine rings is 1. The van der Waals surface area contributed by atoms with Crippen molar-refractivity contribution in [2.45, 2.75) is 36.7 Å². The molecule has 0 amide bonds. The summed E-state index contributed by atoms with van der Waals surface area (Å²) in [5.74, 6) is -0.951. The Morgan fingerprint density at radius 3 is 2.45 bits per heavy atom. The Balaban J connectivity index is 1.52. The average molecular weight is 444 g/mol. The fraction of sp³-hybridized carbons (Fsp3) is 0.421. The minimum atomic E-state index is -4.54. The number of fused-ring (bicyclic) bond motifs is 1. The van der Waals surface area contributed by atoms with Crippen LogP contribution in [0.3, 0.4) is 0 Å². The number of hydrogen-bond acceptors (Lipinski definition) is 4. The number of rotatable bonds is 4. The summed E-state index contributed by atoms with van der Waals surface area (Å²) in [6.45, 7) is 2.63. The number of alkyl halides is 3. The first-order valence-corrected chi connectivity index (χ1v) is 11.5. The first kappa shape index (κ1) is 20.4. The maximum absolute atomic E-state index is 13.5. The molecular weight excluding hydrogens is 423 g/mol. The molecule has 29 heavy (non-hydrogen) atoms. The molecule has 0 spiro atoms. The lowest BCUT2D eigenvalue weighted by Gasteiger charge is -2.31. The third-order valence-corrected chi connectivity index (χ3v) is 8.60. The molecular formula is C19H20F3N3O2S2. The number of imidazole rings is 1. The Labute approximate surface area is 170 Å². The summed E-state index contributed by atoms with van der Waals surface area (Å²) in [4.78, 5) is 4.70. The minimum absolute atomic E-state index is 0.0507. The van der Waals surface area contributed by atoms with Crippen LogP contribution < -0.4 is 0 Å². The van der Waals surface area contributed by atoms with E-state index in [2.05, 4.69) is 4.98 Å². The molecule has 1 aliphatic heterocycles. The molecule has 0 N–H and O–H groups in total. The first-order chi connectivity index (χ1) is 13.7. The van der Waals surface area contributed by atoms with Crippen LogP contribution in [0.5, 0.6) is 0 Å². The van der Waals surface area contributed by atoms with Gasteiger partial charge in [-0.05, 0) is 49.9 Å². The third-order valence-electron chi connectivity index (χ3n) is 5.23. The smallest absolute Gasteiger partial charge is 0.320 e. The predicted molar refractivity (Wildman–Crippen MR) is 105 cm³/mol. The van der Waals surface area contributed by atoms with Crippen molar-refractivity contribution < 1.29 is 21.6 Å². The number of benzene rings is 1. The zero-order valence-electron chi connectivity index (χ0n) is 15.7. The van der Waals surface area contributed by atoms with Crippen molar-refractivity contribution in [1.29, 1.82) is 0 Å². The lowest BCUT2D eigenvalue weighted by Crippen LogP contribution is -2.39. The van der Waals surface area contributed by atoms with Gasteiger partial charge >= 0.3 is 6.18 Å². The maximum Gasteiger partial charge on any atom is 0.449 e. The van der Waals surface area contributed by atoms with Gasteiger partial charge in [-0.15, -0.1) is 11.3 Å². The van der Waals surface area contributed by atoms with Crippen molar-refractivity contribution in [3.63, 3.8) is 0 Å². The molecule has 10 heteroatoms. The molecule has 1 fully saturated rings. The van der Waals surface area contributed by atoms with Crippen molar-refractivity contribution in [2.24, 2.45) is 5.92 Å². The number of sulfonamides is 1. The zero-order valence-corrected chi connectivity index (χ0v) is 17.3. The summed E-state index contributed by atoms with van der Waals surface area (Å²) < 4.78 is 68.9. The number of halogens is 3. The van der Waals surface area contributed by atoms with E-state index >= 15 is 0 Å². The van der Waals surface area contributed by atoms with E-state index in [1.165, 1.54) is 20.2 Å². The molecule has 0 saturated carbocycles. The molecule has 0 atom stereocenters. The van der Waals surface area contributed by atoms with Gasteiger partial charge in [-0.25, -0.2) is 13.4 Å². The summed E-state index contributed by atoms with van der Waals surface area (Å²) in [5, 5.41) is 0. The van der Waals surface area contributed by atoms with E-state index < -0.39 is 22.0 Å². The van der Waals surface area contributed by atoms with Crippen LogP contribution in [0.25, 0.3) is 11.0 Å². The van der Waals surface area contributed by atoms with E-state index in [1.54, 1.807) is 36.4 Å². The maximum atomic E-state index is 13.5. The van der Waals surface area contributed by atoms with Gasteiger partial charge in [0.05, 0.1) is 11.0 Å². The highest BCUT2D eigenvalue weighted by Gasteiger charge is 2.38. The van der Waals surface area contributed by atoms with Gasteiger partial charge in [0.25, 0.3) is 10.0 Å². The van der Waals surface area contributed by atoms with Crippen LogP contribution >= 0.6 is 11.3 Å². The van der Waals surface area contributed by atoms with Crippen molar-refractivity contribution in [3.8, 4) is 0 Å². The Kier molecular flexibility index (Phi) is 5.20. The second-order valence-electron chi connectivity index (χ2n) is 7.25. The Bertz CT molecular complexity index is 1130. The van der Waals surface area contributed by atoms with Gasteiger partial charge in [-0.3, -0.25) is 0 Å². The molecule has 1 aliphatic rings. The van der Waals surface area contributed by atoms with Crippen molar-refractivity contribution in [3.05, 3.63) is 47.1 Å². The number of hydrogen-bond donors (Lipinski definition) is 0. The number of aromatic nitrogens is 2. The molecule has 0 unspecified atom stereocenters. The molecule has 3 heterocycles. The number of aryl methyl sites for hydroxylation is 1. The summed E-state index contributed by atoms with van der Waals surface area (Å²) in [7, 11) is -3.54. The van der Waals surface area contributed by atoms with Gasteiger partial charge in [-0.1, -0.05) is 12.1 Å². The van der Waals surface area contributed by atoms with Crippen LogP contribution in [0.4, 0.5) is 13.2 Å². The summed E-state index contributed by atoms with van der Waals surface area (Å²) in [5.41, 5.74) is 0.761. The first-order valence-electron chi connectivity index (χ1n) is 9.25. The third kappa shape index (κ3) is 3.93. The lowest BCUT2D eigenvalue weighted by atomic mass is 9.98. The molecule has 0 aliphatic carbocycles. The van der Waals surface area contributed by atoms with E-state index in [-0.39, 0.29) is 12.5 Å². The van der Waals surface area contributed by atoms with Gasteiger partial charge in [0.1, 0.15) is 4.21 Å². The van der Waals surface area contributed by atoms with E-state index in [1.807, 2.05) is 6.92 Å². The molecule has 0 bridgehead atoms. The zero-order chi connectivity index (χ0) is 20.8. The molecule has 4 rings (SSSR count). The van der Waals surface area contributed by atoms with Crippen LogP contribution in [-0.4, -0.2) is 35.4 Å². The van der Waals surface area contributed by atoms with Gasteiger partial charge in [0, 0.05) is 24.5 Å². The number of thiophene rings is 1. The van der Waals surface area contributed by atoms with E-state index in [0.717, 1.165) is 4.88 Å². The fourth-order valence-corrected chi connectivity index (χ4v) is 6.65. The lowest BCUT2D eigenvalue weighted by molar-refractivity contribution is -0.147. The van der Waals surface area contributed by atoms with Crippen LogP contribution in [0, 0.1) is 12.8 Å². The number of nitrogens with zero attached hydrogens (tertiary/aromatic N) is 3. The Morgan fingerprint density at radius 2 is 1.83 bits per heavy atom. The van der Waals surface area contributed by atoms with E-state index in [9.17, 15) is 21.6 Å². The highest BCUT2D eigenvalue weighted by atomic mass is 32.2. The van der Waals surface area contributed by atoms with Crippen LogP contribution in [0.1, 0.15) is 23.5 Å². The molecule has 3 aromatic rings. The highest BCUT2D eigenvalue weighted by molar-refractivity contribution is 7.91. The second-order valence-corrected chi connectivity index (χ2v) is 10.7. The van der Waals surface area contributed by atoms with Gasteiger partial charge in [0.2, 0.25) is 5.82 Å². The second kappa shape index (κ2) is 7.41. The average Bonchev–Trinajstić information content (AvgIpc) is 3.27. The summed E-state index contributed by atoms with van der Waals surface area (Å²) in [6, 6.07) is 9.94. The topological polar surface area (TPSA) is 55.2 Å². The normalized spacial score (nSPS) is 17.2. The molecule has 2 aromatic heterocycles. The highest BCUT2D eigenvalue weighted by Crippen LogP contribution is 2.34. The van der Waals surface area contributed by atoms with Gasteiger partial charge in [-0.2, -0.15) is 17.5 Å². The largest absolute Gasteiger partial charge is 0.449 e. The van der Waals surface area contributed by atoms with Crippen LogP contribution in [0.15, 0.2) is 40.6 Å². The molecule has 5 nitrogen and oxygen atoms in total. The van der Waals surface area contributed by atoms with Crippen LogP contribution in [-0.2, 0) is 22.7 Å². The van der Waals surface area contributed by atoms with E-state index in [0.29, 0.717) is 41.2 Å². The van der Waals surface area contributed by atoms with Crippen LogP contribution in [0.2, 0.25) is 0 Å². The monoisotopic (exact) mass is 443 g/mol. The van der Waals surface area contributed by atoms with Gasteiger partial charge in [0.15, 0.2) is 0 Å². The number of para-hydroxylation sites is 2. The Morgan fingerprint density at radius 1 is 1.14 bits per heavy atom. The molecule has 1 saturated heterocycles. The van der Waals surface area contributed by atoms with Crippen molar-refractivity contribution in [1.82, 2.24) is 13.9 Å². The summed E-state index contributed by atoms with van der Waals surface area (Å²) >= 11 is 1.23. The fourth-order valence-electron chi connectivity index (χ4n) is 3.75. The molecule has 1 aromatic carbocycles. The summed E-state index contributed by atoms with van der Waals surface area (Å²) in [6.07, 6.45) is -3.53. The standard InChI is InChI=1S/C19H20F3N3O2S2/c1-13-6-7-17(28-13)29(26,27)24-10-8-14(9-11-24)12-25-16-5-3-2-4-15(16)23-18(25)19(20,21)22/h2-7,14H,8-12H2,1H3. The Hall–Kier alpha value is -1.91. The molecule has 156 valence electrons. The quantitative estimate of drug-likeness (QED) is 0.596. The molecule has 0 radical (unpaired) electrons. The minimum Gasteiger partial charge on any atom is -0.320 e. The van der Waals surface area contributed by atoms with E-state index in [4.69, 9.17) is 0 Å². The van der Waals surface area contributed by atoms with Gasteiger partial charge < -0.3 is 4.57 Å². The SMILES string of the molecule is Cc1ccc(S(=O)(=O)N2CCC(Cn3c(C(F)(F)F)nc4ccccc43)CC2)s1. The van der Waals surface area contributed by atoms with Crippen molar-refractivity contribution in [2.75, 3.05) is 13.1 Å².